The Morgan fingerprint density at radius 3 is 2.21 bits per heavy atom. The predicted octanol–water partition coefficient (Wildman–Crippen LogP) is 3.87. The van der Waals surface area contributed by atoms with Crippen molar-refractivity contribution >= 4 is 27.5 Å². The van der Waals surface area contributed by atoms with Gasteiger partial charge in [0.25, 0.3) is 0 Å². The summed E-state index contributed by atoms with van der Waals surface area (Å²) in [7, 11) is -0.806. The average molecular weight is 439 g/mol. The first-order chi connectivity index (χ1) is 13.6. The lowest BCUT2D eigenvalue weighted by Crippen LogP contribution is -2.40. The molecule has 8 heteroatoms. The highest BCUT2D eigenvalue weighted by atomic mass is 35.5. The lowest BCUT2D eigenvalue weighted by Gasteiger charge is -2.23. The number of carbonyl (C=O) groups is 1. The van der Waals surface area contributed by atoms with Crippen LogP contribution in [0, 0.1) is 5.92 Å². The molecule has 29 heavy (non-hydrogen) atoms. The van der Waals surface area contributed by atoms with Crippen LogP contribution in [0.4, 0.5) is 0 Å². The van der Waals surface area contributed by atoms with Gasteiger partial charge in [0.1, 0.15) is 5.75 Å². The van der Waals surface area contributed by atoms with E-state index < -0.39 is 10.0 Å². The molecule has 0 fully saturated rings. The Balaban J connectivity index is 2.11. The fourth-order valence-electron chi connectivity index (χ4n) is 2.90. The largest absolute Gasteiger partial charge is 0.497 e. The predicted molar refractivity (Wildman–Crippen MR) is 115 cm³/mol. The van der Waals surface area contributed by atoms with Crippen LogP contribution < -0.4 is 10.1 Å². The zero-order chi connectivity index (χ0) is 21.6. The number of amides is 1. The molecule has 2 aromatic carbocycles. The topological polar surface area (TPSA) is 75.7 Å². The summed E-state index contributed by atoms with van der Waals surface area (Å²) in [6.07, 6.45) is 0.728. The molecule has 0 unspecified atom stereocenters. The van der Waals surface area contributed by atoms with E-state index in [9.17, 15) is 13.2 Å². The van der Waals surface area contributed by atoms with Crippen molar-refractivity contribution in [2.24, 2.45) is 5.92 Å². The molecular weight excluding hydrogens is 412 g/mol. The quantitative estimate of drug-likeness (QED) is 0.644. The maximum absolute atomic E-state index is 12.7. The fraction of sp³-hybridized carbons (Fsp3) is 0.381. The van der Waals surface area contributed by atoms with Gasteiger partial charge in [-0.1, -0.05) is 37.6 Å². The second kappa shape index (κ2) is 10.1. The summed E-state index contributed by atoms with van der Waals surface area (Å²) in [6.45, 7) is 3.86. The number of methoxy groups -OCH3 is 1. The molecule has 0 aliphatic heterocycles. The van der Waals surface area contributed by atoms with E-state index in [1.807, 2.05) is 24.3 Å². The highest BCUT2D eigenvalue weighted by Gasteiger charge is 2.24. The van der Waals surface area contributed by atoms with Crippen LogP contribution in [0.15, 0.2) is 53.4 Å². The molecule has 2 rings (SSSR count). The van der Waals surface area contributed by atoms with E-state index in [2.05, 4.69) is 19.2 Å². The van der Waals surface area contributed by atoms with Crippen LogP contribution in [-0.4, -0.2) is 39.3 Å². The van der Waals surface area contributed by atoms with E-state index in [1.54, 1.807) is 7.11 Å². The third kappa shape index (κ3) is 6.45. The molecule has 2 aromatic rings. The van der Waals surface area contributed by atoms with Crippen molar-refractivity contribution in [2.75, 3.05) is 20.7 Å². The SMILES string of the molecule is COc1ccc([C@@H](CC(C)C)NC(=O)CN(C)S(=O)(=O)c2ccc(Cl)cc2)cc1. The number of sulfonamides is 1. The third-order valence-electron chi connectivity index (χ3n) is 4.45. The summed E-state index contributed by atoms with van der Waals surface area (Å²) in [6, 6.07) is 13.1. The maximum atomic E-state index is 12.7. The number of halogens is 1. The number of likely N-dealkylation sites (N-methyl/N-ethyl adjacent to an activating group) is 1. The lowest BCUT2D eigenvalue weighted by molar-refractivity contribution is -0.122. The molecular formula is C21H27ClN2O4S. The van der Waals surface area contributed by atoms with Gasteiger partial charge in [0.05, 0.1) is 24.6 Å². The number of benzene rings is 2. The minimum Gasteiger partial charge on any atom is -0.497 e. The van der Waals surface area contributed by atoms with E-state index in [0.717, 1.165) is 22.0 Å². The summed E-state index contributed by atoms with van der Waals surface area (Å²) in [5, 5.41) is 3.40. The van der Waals surface area contributed by atoms with Gasteiger partial charge in [-0.15, -0.1) is 0 Å². The smallest absolute Gasteiger partial charge is 0.243 e. The van der Waals surface area contributed by atoms with Crippen molar-refractivity contribution < 1.29 is 17.9 Å². The van der Waals surface area contributed by atoms with Crippen LogP contribution in [0.25, 0.3) is 0 Å². The van der Waals surface area contributed by atoms with Gasteiger partial charge in [0, 0.05) is 12.1 Å². The second-order valence-electron chi connectivity index (χ2n) is 7.24. The molecule has 1 atom stereocenters. The van der Waals surface area contributed by atoms with Crippen molar-refractivity contribution in [3.63, 3.8) is 0 Å². The fourth-order valence-corrected chi connectivity index (χ4v) is 4.15. The van der Waals surface area contributed by atoms with Gasteiger partial charge in [-0.05, 0) is 54.3 Å². The Labute approximate surface area is 177 Å². The van der Waals surface area contributed by atoms with Crippen LogP contribution >= 0.6 is 11.6 Å². The summed E-state index contributed by atoms with van der Waals surface area (Å²) in [5.41, 5.74) is 0.941. The molecule has 0 bridgehead atoms. The van der Waals surface area contributed by atoms with Gasteiger partial charge in [-0.25, -0.2) is 8.42 Å². The number of hydrogen-bond donors (Lipinski definition) is 1. The van der Waals surface area contributed by atoms with Crippen molar-refractivity contribution in [1.29, 1.82) is 0 Å². The molecule has 158 valence electrons. The van der Waals surface area contributed by atoms with Crippen LogP contribution in [0.5, 0.6) is 5.75 Å². The van der Waals surface area contributed by atoms with Gasteiger partial charge >= 0.3 is 0 Å². The first-order valence-electron chi connectivity index (χ1n) is 9.28. The minimum atomic E-state index is -3.79. The van der Waals surface area contributed by atoms with Crippen LogP contribution in [0.1, 0.15) is 31.9 Å². The normalized spacial score (nSPS) is 12.8. The van der Waals surface area contributed by atoms with E-state index >= 15 is 0 Å². The van der Waals surface area contributed by atoms with Crippen LogP contribution in [0.3, 0.4) is 0 Å². The monoisotopic (exact) mass is 438 g/mol. The Morgan fingerprint density at radius 2 is 1.69 bits per heavy atom. The standard InChI is InChI=1S/C21H27ClN2O4S/c1-15(2)13-20(16-5-9-18(28-4)10-6-16)23-21(25)14-24(3)29(26,27)19-11-7-17(22)8-12-19/h5-12,15,20H,13-14H2,1-4H3,(H,23,25)/t20-/m1/s1. The molecule has 0 aliphatic rings. The molecule has 0 aliphatic carbocycles. The van der Waals surface area contributed by atoms with E-state index in [4.69, 9.17) is 16.3 Å². The van der Waals surface area contributed by atoms with Crippen molar-refractivity contribution in [3.05, 3.63) is 59.1 Å². The second-order valence-corrected chi connectivity index (χ2v) is 9.72. The Bertz CT molecular complexity index is 913. The van der Waals surface area contributed by atoms with Crippen LogP contribution in [0.2, 0.25) is 5.02 Å². The Hall–Kier alpha value is -2.09. The minimum absolute atomic E-state index is 0.0890. The van der Waals surface area contributed by atoms with Crippen molar-refractivity contribution in [2.45, 2.75) is 31.2 Å². The maximum Gasteiger partial charge on any atom is 0.243 e. The molecule has 0 saturated carbocycles. The van der Waals surface area contributed by atoms with E-state index in [0.29, 0.717) is 10.9 Å². The first-order valence-corrected chi connectivity index (χ1v) is 11.1. The number of ether oxygens (including phenoxy) is 1. The van der Waals surface area contributed by atoms with Gasteiger partial charge in [-0.3, -0.25) is 4.79 Å². The summed E-state index contributed by atoms with van der Waals surface area (Å²) in [5.74, 6) is 0.710. The first kappa shape index (κ1) is 23.2. The summed E-state index contributed by atoms with van der Waals surface area (Å²) in [4.78, 5) is 12.7. The van der Waals surface area contributed by atoms with Gasteiger partial charge in [0.2, 0.25) is 15.9 Å². The third-order valence-corrected chi connectivity index (χ3v) is 6.52. The van der Waals surface area contributed by atoms with Crippen molar-refractivity contribution in [3.8, 4) is 5.75 Å². The molecule has 0 heterocycles. The molecule has 0 spiro atoms. The van der Waals surface area contributed by atoms with Gasteiger partial charge in [-0.2, -0.15) is 4.31 Å². The number of hydrogen-bond acceptors (Lipinski definition) is 4. The van der Waals surface area contributed by atoms with Gasteiger partial charge in [0.15, 0.2) is 0 Å². The molecule has 0 aromatic heterocycles. The molecule has 0 radical (unpaired) electrons. The molecule has 1 amide bonds. The highest BCUT2D eigenvalue weighted by molar-refractivity contribution is 7.89. The number of nitrogens with zero attached hydrogens (tertiary/aromatic N) is 1. The number of rotatable bonds is 9. The number of nitrogens with one attached hydrogen (secondary N) is 1. The van der Waals surface area contributed by atoms with E-state index in [1.165, 1.54) is 31.3 Å². The Morgan fingerprint density at radius 1 is 1.10 bits per heavy atom. The summed E-state index contributed by atoms with van der Waals surface area (Å²) >= 11 is 5.82. The highest BCUT2D eigenvalue weighted by Crippen LogP contribution is 2.24. The van der Waals surface area contributed by atoms with Gasteiger partial charge < -0.3 is 10.1 Å². The van der Waals surface area contributed by atoms with Crippen molar-refractivity contribution in [1.82, 2.24) is 9.62 Å². The average Bonchev–Trinajstić information content (AvgIpc) is 2.67. The Kier molecular flexibility index (Phi) is 8.07. The zero-order valence-corrected chi connectivity index (χ0v) is 18.6. The zero-order valence-electron chi connectivity index (χ0n) is 17.1. The lowest BCUT2D eigenvalue weighted by atomic mass is 9.97. The molecule has 6 nitrogen and oxygen atoms in total. The number of carbonyl (C=O) groups excluding carboxylic acids is 1. The molecule has 0 saturated heterocycles. The molecule has 1 N–H and O–H groups in total. The van der Waals surface area contributed by atoms with E-state index in [-0.39, 0.29) is 23.4 Å². The van der Waals surface area contributed by atoms with Crippen LogP contribution in [-0.2, 0) is 14.8 Å². The summed E-state index contributed by atoms with van der Waals surface area (Å²) < 4.78 is 31.6.